The molecule has 0 unspecified atom stereocenters. The topological polar surface area (TPSA) is 21.3 Å². The van der Waals surface area contributed by atoms with Crippen molar-refractivity contribution in [2.24, 2.45) is 0 Å². The second-order valence-electron chi connectivity index (χ2n) is 3.53. The summed E-state index contributed by atoms with van der Waals surface area (Å²) >= 11 is 9.26. The highest BCUT2D eigenvalue weighted by Crippen LogP contribution is 2.27. The van der Waals surface area contributed by atoms with E-state index in [2.05, 4.69) is 28.2 Å². The standard InChI is InChI=1S/C12H17BrClNO/c1-2-6-15-7-3-8-16-12-5-4-10(14)9-11(12)13/h4-5,9,15H,2-3,6-8H2,1H3. The Balaban J connectivity index is 2.21. The maximum absolute atomic E-state index is 5.84. The van der Waals surface area contributed by atoms with E-state index >= 15 is 0 Å². The van der Waals surface area contributed by atoms with Crippen LogP contribution in [0.4, 0.5) is 0 Å². The van der Waals surface area contributed by atoms with Crippen molar-refractivity contribution in [3.05, 3.63) is 27.7 Å². The summed E-state index contributed by atoms with van der Waals surface area (Å²) in [4.78, 5) is 0. The van der Waals surface area contributed by atoms with Crippen LogP contribution in [0.15, 0.2) is 22.7 Å². The molecule has 0 heterocycles. The number of nitrogens with one attached hydrogen (secondary N) is 1. The molecule has 1 N–H and O–H groups in total. The SMILES string of the molecule is CCCNCCCOc1ccc(Cl)cc1Br. The molecule has 90 valence electrons. The number of rotatable bonds is 7. The molecule has 1 rings (SSSR count). The third kappa shape index (κ3) is 5.19. The van der Waals surface area contributed by atoms with E-state index in [0.717, 1.165) is 36.3 Å². The van der Waals surface area contributed by atoms with Crippen LogP contribution in [0.2, 0.25) is 5.02 Å². The van der Waals surface area contributed by atoms with Gasteiger partial charge in [0.1, 0.15) is 5.75 Å². The minimum atomic E-state index is 0.712. The van der Waals surface area contributed by atoms with E-state index in [-0.39, 0.29) is 0 Å². The lowest BCUT2D eigenvalue weighted by Gasteiger charge is -2.08. The van der Waals surface area contributed by atoms with Crippen molar-refractivity contribution in [3.8, 4) is 5.75 Å². The van der Waals surface area contributed by atoms with Gasteiger partial charge in [0.25, 0.3) is 0 Å². The fraction of sp³-hybridized carbons (Fsp3) is 0.500. The van der Waals surface area contributed by atoms with Crippen LogP contribution in [0.5, 0.6) is 5.75 Å². The third-order valence-electron chi connectivity index (χ3n) is 2.08. The van der Waals surface area contributed by atoms with Gasteiger partial charge in [-0.25, -0.2) is 0 Å². The monoisotopic (exact) mass is 305 g/mol. The summed E-state index contributed by atoms with van der Waals surface area (Å²) in [5.74, 6) is 0.847. The number of hydrogen-bond donors (Lipinski definition) is 1. The average Bonchev–Trinajstić information content (AvgIpc) is 2.26. The minimum absolute atomic E-state index is 0.712. The molecule has 0 spiro atoms. The van der Waals surface area contributed by atoms with Crippen LogP contribution >= 0.6 is 27.5 Å². The first-order chi connectivity index (χ1) is 7.74. The first-order valence-corrected chi connectivity index (χ1v) is 6.69. The van der Waals surface area contributed by atoms with Gasteiger partial charge in [-0.1, -0.05) is 18.5 Å². The van der Waals surface area contributed by atoms with Crippen molar-refractivity contribution in [1.82, 2.24) is 5.32 Å². The molecule has 2 nitrogen and oxygen atoms in total. The fourth-order valence-corrected chi connectivity index (χ4v) is 2.07. The largest absolute Gasteiger partial charge is 0.492 e. The Bertz CT molecular complexity index is 320. The van der Waals surface area contributed by atoms with Crippen LogP contribution in [0, 0.1) is 0 Å². The van der Waals surface area contributed by atoms with E-state index in [4.69, 9.17) is 16.3 Å². The van der Waals surface area contributed by atoms with E-state index in [0.29, 0.717) is 5.02 Å². The highest BCUT2D eigenvalue weighted by molar-refractivity contribution is 9.10. The van der Waals surface area contributed by atoms with Gasteiger partial charge in [0, 0.05) is 5.02 Å². The number of halogens is 2. The minimum Gasteiger partial charge on any atom is -0.492 e. The van der Waals surface area contributed by atoms with E-state index < -0.39 is 0 Å². The number of ether oxygens (including phenoxy) is 1. The first-order valence-electron chi connectivity index (χ1n) is 5.52. The normalized spacial score (nSPS) is 10.4. The van der Waals surface area contributed by atoms with Gasteiger partial charge in [-0.15, -0.1) is 0 Å². The van der Waals surface area contributed by atoms with Gasteiger partial charge in [0.05, 0.1) is 11.1 Å². The van der Waals surface area contributed by atoms with Crippen molar-refractivity contribution < 1.29 is 4.74 Å². The Morgan fingerprint density at radius 1 is 1.38 bits per heavy atom. The van der Waals surface area contributed by atoms with Gasteiger partial charge in [-0.05, 0) is 60.1 Å². The van der Waals surface area contributed by atoms with Gasteiger partial charge in [0.15, 0.2) is 0 Å². The van der Waals surface area contributed by atoms with Gasteiger partial charge in [0.2, 0.25) is 0 Å². The lowest BCUT2D eigenvalue weighted by atomic mass is 10.3. The Labute approximate surface area is 110 Å². The van der Waals surface area contributed by atoms with Crippen LogP contribution in [-0.2, 0) is 0 Å². The maximum atomic E-state index is 5.84. The molecule has 0 amide bonds. The van der Waals surface area contributed by atoms with Crippen molar-refractivity contribution in [2.75, 3.05) is 19.7 Å². The van der Waals surface area contributed by atoms with E-state index in [1.807, 2.05) is 18.2 Å². The molecule has 1 aromatic carbocycles. The Morgan fingerprint density at radius 3 is 2.88 bits per heavy atom. The second-order valence-corrected chi connectivity index (χ2v) is 4.82. The molecule has 0 radical (unpaired) electrons. The Hall–Kier alpha value is -0.250. The zero-order chi connectivity index (χ0) is 11.8. The van der Waals surface area contributed by atoms with Crippen molar-refractivity contribution >= 4 is 27.5 Å². The number of hydrogen-bond acceptors (Lipinski definition) is 2. The lowest BCUT2D eigenvalue weighted by Crippen LogP contribution is -2.18. The predicted octanol–water partition coefficient (Wildman–Crippen LogP) is 3.87. The van der Waals surface area contributed by atoms with E-state index in [1.165, 1.54) is 6.42 Å². The van der Waals surface area contributed by atoms with Gasteiger partial charge >= 0.3 is 0 Å². The molecule has 0 aliphatic carbocycles. The van der Waals surface area contributed by atoms with Gasteiger partial charge < -0.3 is 10.1 Å². The first kappa shape index (κ1) is 13.8. The van der Waals surface area contributed by atoms with Crippen LogP contribution < -0.4 is 10.1 Å². The molecular formula is C12H17BrClNO. The lowest BCUT2D eigenvalue weighted by molar-refractivity contribution is 0.306. The molecule has 0 aliphatic heterocycles. The molecule has 0 atom stereocenters. The average molecular weight is 307 g/mol. The summed E-state index contributed by atoms with van der Waals surface area (Å²) in [5.41, 5.74) is 0. The summed E-state index contributed by atoms with van der Waals surface area (Å²) in [6, 6.07) is 5.55. The zero-order valence-electron chi connectivity index (χ0n) is 9.43. The number of benzene rings is 1. The summed E-state index contributed by atoms with van der Waals surface area (Å²) < 4.78 is 6.53. The van der Waals surface area contributed by atoms with Crippen molar-refractivity contribution in [2.45, 2.75) is 19.8 Å². The van der Waals surface area contributed by atoms with Crippen molar-refractivity contribution in [3.63, 3.8) is 0 Å². The molecule has 0 saturated heterocycles. The Morgan fingerprint density at radius 2 is 2.19 bits per heavy atom. The molecule has 0 bridgehead atoms. The van der Waals surface area contributed by atoms with E-state index in [9.17, 15) is 0 Å². The summed E-state index contributed by atoms with van der Waals surface area (Å²) in [5, 5.41) is 4.04. The molecular weight excluding hydrogens is 289 g/mol. The molecule has 16 heavy (non-hydrogen) atoms. The highest BCUT2D eigenvalue weighted by Gasteiger charge is 2.01. The molecule has 4 heteroatoms. The molecule has 1 aromatic rings. The quantitative estimate of drug-likeness (QED) is 0.772. The summed E-state index contributed by atoms with van der Waals surface area (Å²) in [6.07, 6.45) is 2.18. The molecule has 0 saturated carbocycles. The van der Waals surface area contributed by atoms with Crippen LogP contribution in [0.3, 0.4) is 0 Å². The van der Waals surface area contributed by atoms with Gasteiger partial charge in [-0.2, -0.15) is 0 Å². The highest BCUT2D eigenvalue weighted by atomic mass is 79.9. The van der Waals surface area contributed by atoms with Crippen LogP contribution in [0.25, 0.3) is 0 Å². The predicted molar refractivity (Wildman–Crippen MR) is 72.4 cm³/mol. The summed E-state index contributed by atoms with van der Waals surface area (Å²) in [6.45, 7) is 4.95. The second kappa shape index (κ2) is 7.93. The molecule has 0 aromatic heterocycles. The Kier molecular flexibility index (Phi) is 6.85. The van der Waals surface area contributed by atoms with Crippen LogP contribution in [-0.4, -0.2) is 19.7 Å². The zero-order valence-corrected chi connectivity index (χ0v) is 11.8. The summed E-state index contributed by atoms with van der Waals surface area (Å²) in [7, 11) is 0. The fourth-order valence-electron chi connectivity index (χ4n) is 1.27. The van der Waals surface area contributed by atoms with Crippen LogP contribution in [0.1, 0.15) is 19.8 Å². The van der Waals surface area contributed by atoms with Crippen molar-refractivity contribution in [1.29, 1.82) is 0 Å². The third-order valence-corrected chi connectivity index (χ3v) is 2.93. The molecule has 0 fully saturated rings. The smallest absolute Gasteiger partial charge is 0.133 e. The maximum Gasteiger partial charge on any atom is 0.133 e. The van der Waals surface area contributed by atoms with E-state index in [1.54, 1.807) is 0 Å². The van der Waals surface area contributed by atoms with Gasteiger partial charge in [-0.3, -0.25) is 0 Å². The molecule has 0 aliphatic rings.